The van der Waals surface area contributed by atoms with E-state index in [0.29, 0.717) is 5.69 Å². The van der Waals surface area contributed by atoms with E-state index in [9.17, 15) is 13.2 Å². The third-order valence-corrected chi connectivity index (χ3v) is 5.58. The highest BCUT2D eigenvalue weighted by Crippen LogP contribution is 2.26. The summed E-state index contributed by atoms with van der Waals surface area (Å²) in [6.45, 7) is 7.22. The fourth-order valence-electron chi connectivity index (χ4n) is 2.90. The van der Waals surface area contributed by atoms with Crippen LogP contribution in [0.3, 0.4) is 0 Å². The van der Waals surface area contributed by atoms with Crippen molar-refractivity contribution in [3.8, 4) is 0 Å². The largest absolute Gasteiger partial charge is 0.348 e. The van der Waals surface area contributed by atoms with Gasteiger partial charge < -0.3 is 5.32 Å². The maximum absolute atomic E-state index is 12.8. The number of amides is 1. The summed E-state index contributed by atoms with van der Waals surface area (Å²) in [4.78, 5) is 12.8. The smallest absolute Gasteiger partial charge is 0.244 e. The second-order valence-corrected chi connectivity index (χ2v) is 8.53. The molecule has 5 nitrogen and oxygen atoms in total. The Labute approximate surface area is 156 Å². The lowest BCUT2D eigenvalue weighted by atomic mass is 10.1. The van der Waals surface area contributed by atoms with E-state index in [1.165, 1.54) is 4.31 Å². The van der Waals surface area contributed by atoms with Crippen LogP contribution in [0.25, 0.3) is 0 Å². The number of benzene rings is 2. The topological polar surface area (TPSA) is 66.5 Å². The molecule has 1 N–H and O–H groups in total. The first-order chi connectivity index (χ1) is 12.1. The molecule has 2 rings (SSSR count). The van der Waals surface area contributed by atoms with Crippen molar-refractivity contribution in [1.82, 2.24) is 5.32 Å². The van der Waals surface area contributed by atoms with Crippen molar-refractivity contribution in [2.24, 2.45) is 0 Å². The van der Waals surface area contributed by atoms with Gasteiger partial charge in [-0.3, -0.25) is 9.10 Å². The minimum atomic E-state index is -3.63. The van der Waals surface area contributed by atoms with Gasteiger partial charge >= 0.3 is 0 Å². The van der Waals surface area contributed by atoms with Crippen LogP contribution in [0.1, 0.15) is 36.6 Å². The van der Waals surface area contributed by atoms with Crippen molar-refractivity contribution in [2.75, 3.05) is 10.6 Å². The molecule has 1 amide bonds. The lowest BCUT2D eigenvalue weighted by Gasteiger charge is -2.30. The number of hydrogen-bond donors (Lipinski definition) is 1. The standard InChI is InChI=1S/C20H26N2O3S/c1-14-11-12-15(2)19(13-14)22(26(5,24)25)17(4)20(23)21-16(3)18-9-7-6-8-10-18/h6-13,16-17H,1-5H3,(H,21,23)/t16-,17-/m1/s1. The Balaban J connectivity index is 2.31. The summed E-state index contributed by atoms with van der Waals surface area (Å²) in [7, 11) is -3.63. The van der Waals surface area contributed by atoms with Gasteiger partial charge in [-0.25, -0.2) is 8.42 Å². The maximum atomic E-state index is 12.8. The lowest BCUT2D eigenvalue weighted by molar-refractivity contribution is -0.122. The van der Waals surface area contributed by atoms with Crippen LogP contribution in [0, 0.1) is 13.8 Å². The van der Waals surface area contributed by atoms with Crippen molar-refractivity contribution in [2.45, 2.75) is 39.8 Å². The number of aryl methyl sites for hydroxylation is 2. The third-order valence-electron chi connectivity index (χ3n) is 4.35. The summed E-state index contributed by atoms with van der Waals surface area (Å²) in [6, 6.07) is 14.1. The zero-order chi connectivity index (χ0) is 19.5. The van der Waals surface area contributed by atoms with E-state index in [1.54, 1.807) is 13.0 Å². The van der Waals surface area contributed by atoms with Crippen LogP contribution in [-0.2, 0) is 14.8 Å². The van der Waals surface area contributed by atoms with Crippen molar-refractivity contribution in [1.29, 1.82) is 0 Å². The molecule has 0 aliphatic carbocycles. The van der Waals surface area contributed by atoms with Crippen LogP contribution in [0.15, 0.2) is 48.5 Å². The summed E-state index contributed by atoms with van der Waals surface area (Å²) in [5.41, 5.74) is 3.23. The normalized spacial score (nSPS) is 13.7. The predicted molar refractivity (Wildman–Crippen MR) is 106 cm³/mol. The number of nitrogens with zero attached hydrogens (tertiary/aromatic N) is 1. The quantitative estimate of drug-likeness (QED) is 0.843. The summed E-state index contributed by atoms with van der Waals surface area (Å²) in [5.74, 6) is -0.340. The van der Waals surface area contributed by atoms with Crippen LogP contribution in [0.4, 0.5) is 5.69 Å². The average molecular weight is 375 g/mol. The molecule has 0 aliphatic heterocycles. The predicted octanol–water partition coefficient (Wildman–Crippen LogP) is 3.34. The molecule has 0 saturated carbocycles. The molecule has 0 unspecified atom stereocenters. The van der Waals surface area contributed by atoms with Crippen LogP contribution < -0.4 is 9.62 Å². The zero-order valence-corrected chi connectivity index (χ0v) is 16.7. The number of carbonyl (C=O) groups is 1. The van der Waals surface area contributed by atoms with Crippen LogP contribution in [-0.4, -0.2) is 26.6 Å². The highest BCUT2D eigenvalue weighted by molar-refractivity contribution is 7.92. The molecule has 2 atom stereocenters. The van der Waals surface area contributed by atoms with Gasteiger partial charge in [0.25, 0.3) is 0 Å². The second-order valence-electron chi connectivity index (χ2n) is 6.67. The van der Waals surface area contributed by atoms with E-state index in [1.807, 2.05) is 63.2 Å². The van der Waals surface area contributed by atoms with Crippen LogP contribution >= 0.6 is 0 Å². The molecule has 2 aromatic carbocycles. The lowest BCUT2D eigenvalue weighted by Crippen LogP contribution is -2.48. The molecule has 0 heterocycles. The summed E-state index contributed by atoms with van der Waals surface area (Å²) < 4.78 is 26.1. The number of sulfonamides is 1. The van der Waals surface area contributed by atoms with Gasteiger partial charge in [-0.2, -0.15) is 0 Å². The molecule has 0 saturated heterocycles. The number of anilines is 1. The first kappa shape index (κ1) is 20.0. The van der Waals surface area contributed by atoms with Gasteiger partial charge in [-0.05, 0) is 50.5 Å². The van der Waals surface area contributed by atoms with Gasteiger partial charge in [0.1, 0.15) is 6.04 Å². The fourth-order valence-corrected chi connectivity index (χ4v) is 4.12. The number of nitrogens with one attached hydrogen (secondary N) is 1. The molecule has 140 valence electrons. The minimum absolute atomic E-state index is 0.217. The Kier molecular flexibility index (Phi) is 6.08. The van der Waals surface area contributed by atoms with Gasteiger partial charge in [0.05, 0.1) is 18.0 Å². The molecule has 0 bridgehead atoms. The van der Waals surface area contributed by atoms with E-state index in [0.717, 1.165) is 22.9 Å². The van der Waals surface area contributed by atoms with E-state index in [4.69, 9.17) is 0 Å². The fraction of sp³-hybridized carbons (Fsp3) is 0.350. The SMILES string of the molecule is Cc1ccc(C)c(N([C@H](C)C(=O)N[C@H](C)c2ccccc2)S(C)(=O)=O)c1. The molecular formula is C20H26N2O3S. The van der Waals surface area contributed by atoms with E-state index in [2.05, 4.69) is 5.32 Å². The van der Waals surface area contributed by atoms with Gasteiger partial charge in [-0.15, -0.1) is 0 Å². The molecule has 26 heavy (non-hydrogen) atoms. The van der Waals surface area contributed by atoms with Crippen LogP contribution in [0.2, 0.25) is 0 Å². The summed E-state index contributed by atoms with van der Waals surface area (Å²) in [5, 5.41) is 2.91. The molecule has 6 heteroatoms. The van der Waals surface area contributed by atoms with Crippen molar-refractivity contribution in [3.63, 3.8) is 0 Å². The maximum Gasteiger partial charge on any atom is 0.244 e. The Morgan fingerprint density at radius 1 is 1.04 bits per heavy atom. The van der Waals surface area contributed by atoms with E-state index < -0.39 is 16.1 Å². The van der Waals surface area contributed by atoms with E-state index in [-0.39, 0.29) is 11.9 Å². The van der Waals surface area contributed by atoms with Crippen LogP contribution in [0.5, 0.6) is 0 Å². The van der Waals surface area contributed by atoms with Gasteiger partial charge in [-0.1, -0.05) is 42.5 Å². The monoisotopic (exact) mass is 374 g/mol. The minimum Gasteiger partial charge on any atom is -0.348 e. The molecule has 0 fully saturated rings. The molecule has 0 aromatic heterocycles. The van der Waals surface area contributed by atoms with Gasteiger partial charge in [0.15, 0.2) is 0 Å². The molecular weight excluding hydrogens is 348 g/mol. The highest BCUT2D eigenvalue weighted by Gasteiger charge is 2.30. The first-order valence-corrected chi connectivity index (χ1v) is 10.4. The summed E-state index contributed by atoms with van der Waals surface area (Å²) >= 11 is 0. The number of hydrogen-bond acceptors (Lipinski definition) is 3. The number of carbonyl (C=O) groups excluding carboxylic acids is 1. The van der Waals surface area contributed by atoms with Gasteiger partial charge in [0.2, 0.25) is 15.9 Å². The Morgan fingerprint density at radius 3 is 2.23 bits per heavy atom. The third kappa shape index (κ3) is 4.64. The van der Waals surface area contributed by atoms with Crippen molar-refractivity contribution in [3.05, 3.63) is 65.2 Å². The second kappa shape index (κ2) is 7.91. The highest BCUT2D eigenvalue weighted by atomic mass is 32.2. The molecule has 2 aromatic rings. The van der Waals surface area contributed by atoms with Gasteiger partial charge in [0, 0.05) is 0 Å². The van der Waals surface area contributed by atoms with Crippen molar-refractivity contribution < 1.29 is 13.2 Å². The number of rotatable bonds is 6. The molecule has 0 radical (unpaired) electrons. The Hall–Kier alpha value is -2.34. The Bertz CT molecular complexity index is 879. The molecule has 0 aliphatic rings. The van der Waals surface area contributed by atoms with E-state index >= 15 is 0 Å². The summed E-state index contributed by atoms with van der Waals surface area (Å²) in [6.07, 6.45) is 1.12. The average Bonchev–Trinajstić information content (AvgIpc) is 2.57. The van der Waals surface area contributed by atoms with Crippen molar-refractivity contribution >= 4 is 21.6 Å². The Morgan fingerprint density at radius 2 is 1.65 bits per heavy atom. The zero-order valence-electron chi connectivity index (χ0n) is 15.9. The first-order valence-electron chi connectivity index (χ1n) is 8.53. The molecule has 0 spiro atoms.